The Hall–Kier alpha value is -2.01. The van der Waals surface area contributed by atoms with Crippen LogP contribution in [0.2, 0.25) is 0 Å². The number of hydrogen-bond acceptors (Lipinski definition) is 2. The average molecular weight is 336 g/mol. The molecule has 0 radical (unpaired) electrons. The van der Waals surface area contributed by atoms with Crippen molar-refractivity contribution in [2.24, 2.45) is 0 Å². The summed E-state index contributed by atoms with van der Waals surface area (Å²) in [6, 6.07) is 10.6. The molecule has 0 aliphatic rings. The highest BCUT2D eigenvalue weighted by molar-refractivity contribution is 9.10. The molecule has 0 aromatic heterocycles. The van der Waals surface area contributed by atoms with Gasteiger partial charge >= 0.3 is 0 Å². The van der Waals surface area contributed by atoms with Gasteiger partial charge in [0.15, 0.2) is 5.78 Å². The van der Waals surface area contributed by atoms with Crippen LogP contribution in [0.15, 0.2) is 46.9 Å². The van der Waals surface area contributed by atoms with E-state index in [0.29, 0.717) is 27.7 Å². The number of carbonyl (C=O) groups is 2. The summed E-state index contributed by atoms with van der Waals surface area (Å²) in [5, 5.41) is 0. The normalized spacial score (nSPS) is 10.2. The molecule has 2 rings (SSSR count). The molecule has 0 bridgehead atoms. The third-order valence-electron chi connectivity index (χ3n) is 2.87. The lowest BCUT2D eigenvalue weighted by Crippen LogP contribution is -2.13. The van der Waals surface area contributed by atoms with Crippen LogP contribution in [0, 0.1) is 5.82 Å². The first-order valence-electron chi connectivity index (χ1n) is 5.81. The Balaban J connectivity index is 2.31. The van der Waals surface area contributed by atoms with Gasteiger partial charge in [0, 0.05) is 28.3 Å². The zero-order valence-corrected chi connectivity index (χ0v) is 12.2. The fourth-order valence-electron chi connectivity index (χ4n) is 1.74. The highest BCUT2D eigenvalue weighted by Crippen LogP contribution is 2.22. The number of carbonyl (C=O) groups excluding carboxylic acids is 2. The fourth-order valence-corrected chi connectivity index (χ4v) is 2.27. The number of amides is 1. The van der Waals surface area contributed by atoms with Crippen LogP contribution in [0.5, 0.6) is 0 Å². The number of halogens is 2. The minimum absolute atomic E-state index is 0.211. The van der Waals surface area contributed by atoms with Crippen LogP contribution in [0.25, 0.3) is 0 Å². The molecule has 0 aliphatic carbocycles. The Labute approximate surface area is 124 Å². The van der Waals surface area contributed by atoms with Gasteiger partial charge in [-0.3, -0.25) is 9.59 Å². The number of nitrogens with zero attached hydrogens (tertiary/aromatic N) is 1. The standard InChI is InChI=1S/C15H11BrFNO2/c1-18(9-19)12-5-2-10(3-6-12)15(20)13-7-4-11(17)8-14(13)16/h2-9H,1H3. The summed E-state index contributed by atoms with van der Waals surface area (Å²) in [5.41, 5.74) is 1.55. The monoisotopic (exact) mass is 335 g/mol. The predicted molar refractivity (Wildman–Crippen MR) is 78.4 cm³/mol. The number of ketones is 1. The first kappa shape index (κ1) is 14.4. The fraction of sp³-hybridized carbons (Fsp3) is 0.0667. The molecule has 102 valence electrons. The van der Waals surface area contributed by atoms with Gasteiger partial charge in [0.1, 0.15) is 5.82 Å². The molecule has 2 aromatic rings. The second-order valence-corrected chi connectivity index (χ2v) is 5.07. The second-order valence-electron chi connectivity index (χ2n) is 4.22. The van der Waals surface area contributed by atoms with Crippen LogP contribution in [0.3, 0.4) is 0 Å². The van der Waals surface area contributed by atoms with Crippen LogP contribution in [-0.4, -0.2) is 19.2 Å². The Morgan fingerprint density at radius 1 is 1.20 bits per heavy atom. The highest BCUT2D eigenvalue weighted by Gasteiger charge is 2.13. The van der Waals surface area contributed by atoms with E-state index < -0.39 is 5.82 Å². The van der Waals surface area contributed by atoms with Crippen molar-refractivity contribution in [1.29, 1.82) is 0 Å². The predicted octanol–water partition coefficient (Wildman–Crippen LogP) is 3.41. The van der Waals surface area contributed by atoms with Crippen molar-refractivity contribution in [1.82, 2.24) is 0 Å². The molecule has 5 heteroatoms. The minimum Gasteiger partial charge on any atom is -0.318 e. The van der Waals surface area contributed by atoms with Gasteiger partial charge in [-0.05, 0) is 58.4 Å². The van der Waals surface area contributed by atoms with E-state index in [1.165, 1.54) is 23.1 Å². The van der Waals surface area contributed by atoms with Gasteiger partial charge in [0.05, 0.1) is 0 Å². The summed E-state index contributed by atoms with van der Waals surface area (Å²) in [4.78, 5) is 24.3. The van der Waals surface area contributed by atoms with Crippen molar-refractivity contribution >= 4 is 33.8 Å². The van der Waals surface area contributed by atoms with Gasteiger partial charge < -0.3 is 4.90 Å². The first-order valence-corrected chi connectivity index (χ1v) is 6.60. The van der Waals surface area contributed by atoms with Crippen LogP contribution in [0.1, 0.15) is 15.9 Å². The van der Waals surface area contributed by atoms with E-state index in [1.54, 1.807) is 31.3 Å². The zero-order chi connectivity index (χ0) is 14.7. The molecule has 0 saturated heterocycles. The summed E-state index contributed by atoms with van der Waals surface area (Å²) < 4.78 is 13.4. The van der Waals surface area contributed by atoms with Crippen LogP contribution in [0.4, 0.5) is 10.1 Å². The Kier molecular flexibility index (Phi) is 4.29. The van der Waals surface area contributed by atoms with Crippen LogP contribution in [-0.2, 0) is 4.79 Å². The molecule has 1 amide bonds. The lowest BCUT2D eigenvalue weighted by atomic mass is 10.0. The third-order valence-corrected chi connectivity index (χ3v) is 3.53. The second kappa shape index (κ2) is 5.96. The van der Waals surface area contributed by atoms with E-state index in [0.717, 1.165) is 0 Å². The van der Waals surface area contributed by atoms with Gasteiger partial charge in [-0.15, -0.1) is 0 Å². The van der Waals surface area contributed by atoms with Crippen molar-refractivity contribution in [3.63, 3.8) is 0 Å². The summed E-state index contributed by atoms with van der Waals surface area (Å²) in [5.74, 6) is -0.617. The molecule has 3 nitrogen and oxygen atoms in total. The van der Waals surface area contributed by atoms with E-state index in [9.17, 15) is 14.0 Å². The molecule has 20 heavy (non-hydrogen) atoms. The molecule has 0 spiro atoms. The Bertz CT molecular complexity index is 655. The van der Waals surface area contributed by atoms with Crippen molar-refractivity contribution in [3.8, 4) is 0 Å². The van der Waals surface area contributed by atoms with Crippen molar-refractivity contribution < 1.29 is 14.0 Å². The van der Waals surface area contributed by atoms with Crippen molar-refractivity contribution in [3.05, 3.63) is 63.9 Å². The Morgan fingerprint density at radius 2 is 1.85 bits per heavy atom. The van der Waals surface area contributed by atoms with E-state index in [2.05, 4.69) is 15.9 Å². The van der Waals surface area contributed by atoms with Gasteiger partial charge in [0.2, 0.25) is 6.41 Å². The third kappa shape index (κ3) is 2.93. The topological polar surface area (TPSA) is 37.4 Å². The molecule has 0 unspecified atom stereocenters. The first-order chi connectivity index (χ1) is 9.52. The quantitative estimate of drug-likeness (QED) is 0.634. The van der Waals surface area contributed by atoms with Crippen LogP contribution < -0.4 is 4.90 Å². The average Bonchev–Trinajstić information content (AvgIpc) is 2.46. The van der Waals surface area contributed by atoms with E-state index in [1.807, 2.05) is 0 Å². The molecule has 0 fully saturated rings. The van der Waals surface area contributed by atoms with E-state index in [4.69, 9.17) is 0 Å². The number of benzene rings is 2. The summed E-state index contributed by atoms with van der Waals surface area (Å²) in [7, 11) is 1.63. The van der Waals surface area contributed by atoms with Crippen molar-refractivity contribution in [2.75, 3.05) is 11.9 Å². The molecule has 0 N–H and O–H groups in total. The molecule has 0 saturated carbocycles. The molecule has 0 atom stereocenters. The molecule has 0 heterocycles. The summed E-state index contributed by atoms with van der Waals surface area (Å²) >= 11 is 3.18. The SMILES string of the molecule is CN(C=O)c1ccc(C(=O)c2ccc(F)cc2Br)cc1. The minimum atomic E-state index is -0.406. The van der Waals surface area contributed by atoms with E-state index in [-0.39, 0.29) is 5.78 Å². The Morgan fingerprint density at radius 3 is 2.40 bits per heavy atom. The maximum atomic E-state index is 13.0. The summed E-state index contributed by atoms with van der Waals surface area (Å²) in [6.45, 7) is 0. The van der Waals surface area contributed by atoms with Gasteiger partial charge in [0.25, 0.3) is 0 Å². The molecular formula is C15H11BrFNO2. The van der Waals surface area contributed by atoms with Gasteiger partial charge in [-0.25, -0.2) is 4.39 Å². The molecule has 0 aliphatic heterocycles. The maximum Gasteiger partial charge on any atom is 0.213 e. The molecule has 2 aromatic carbocycles. The largest absolute Gasteiger partial charge is 0.318 e. The smallest absolute Gasteiger partial charge is 0.213 e. The van der Waals surface area contributed by atoms with Gasteiger partial charge in [-0.1, -0.05) is 0 Å². The lowest BCUT2D eigenvalue weighted by Gasteiger charge is -2.11. The number of hydrogen-bond donors (Lipinski definition) is 0. The van der Waals surface area contributed by atoms with Gasteiger partial charge in [-0.2, -0.15) is 0 Å². The van der Waals surface area contributed by atoms with E-state index >= 15 is 0 Å². The summed E-state index contributed by atoms with van der Waals surface area (Å²) in [6.07, 6.45) is 0.688. The van der Waals surface area contributed by atoms with Crippen LogP contribution >= 0.6 is 15.9 Å². The number of rotatable bonds is 4. The van der Waals surface area contributed by atoms with Crippen molar-refractivity contribution in [2.45, 2.75) is 0 Å². The molecular weight excluding hydrogens is 325 g/mol. The highest BCUT2D eigenvalue weighted by atomic mass is 79.9. The maximum absolute atomic E-state index is 13.0. The lowest BCUT2D eigenvalue weighted by molar-refractivity contribution is -0.107. The number of anilines is 1. The zero-order valence-electron chi connectivity index (χ0n) is 10.6.